The summed E-state index contributed by atoms with van der Waals surface area (Å²) in [6.45, 7) is 0. The molecule has 0 fully saturated rings. The molecule has 304 valence electrons. The molecule has 0 heterocycles. The van der Waals surface area contributed by atoms with Crippen LogP contribution in [-0.4, -0.2) is 48.9 Å². The summed E-state index contributed by atoms with van der Waals surface area (Å²) in [4.78, 5) is 10.2. The average Bonchev–Trinajstić information content (AvgIpc) is 3.27. The van der Waals surface area contributed by atoms with Crippen molar-refractivity contribution in [3.05, 3.63) is 245 Å². The van der Waals surface area contributed by atoms with Crippen LogP contribution in [0.4, 0.5) is 11.4 Å². The zero-order chi connectivity index (χ0) is 41.3. The minimum atomic E-state index is -3.65. The van der Waals surface area contributed by atoms with Gasteiger partial charge in [-0.05, 0) is 12.1 Å². The van der Waals surface area contributed by atoms with Gasteiger partial charge in [0.2, 0.25) is 0 Å². The number of hydrogen-bond donors (Lipinski definition) is 0. The number of para-hydroxylation sites is 1. The van der Waals surface area contributed by atoms with Gasteiger partial charge in [0.05, 0.1) is 21.0 Å². The second-order valence-electron chi connectivity index (χ2n) is 12.8. The number of sulfonamides is 1. The Morgan fingerprint density at radius 2 is 0.750 bits per heavy atom. The van der Waals surface area contributed by atoms with E-state index in [1.54, 1.807) is 30.3 Å². The van der Waals surface area contributed by atoms with E-state index in [4.69, 9.17) is 4.74 Å². The van der Waals surface area contributed by atoms with Crippen molar-refractivity contribution in [1.82, 2.24) is 0 Å². The van der Waals surface area contributed by atoms with Crippen molar-refractivity contribution in [2.75, 3.05) is 6.26 Å². The summed E-state index contributed by atoms with van der Waals surface area (Å²) in [5.74, 6) is 0.420. The van der Waals surface area contributed by atoms with Gasteiger partial charge in [0.1, 0.15) is 11.5 Å². The second kappa shape index (κ2) is 23.4. The van der Waals surface area contributed by atoms with E-state index in [0.717, 1.165) is 12.3 Å². The molecule has 0 aromatic heterocycles. The Kier molecular flexibility index (Phi) is 17.8. The Balaban J connectivity index is 0.000000169. The molecule has 60 heavy (non-hydrogen) atoms. The van der Waals surface area contributed by atoms with Crippen LogP contribution in [-0.2, 0) is 32.4 Å². The van der Waals surface area contributed by atoms with Crippen molar-refractivity contribution in [1.29, 1.82) is 0 Å². The van der Waals surface area contributed by atoms with Crippen molar-refractivity contribution >= 4 is 76.8 Å². The van der Waals surface area contributed by atoms with Crippen molar-refractivity contribution in [3.63, 3.8) is 0 Å². The Morgan fingerprint density at radius 3 is 1.02 bits per heavy atom. The normalized spacial score (nSPS) is 10.5. The molecule has 0 aliphatic rings. The van der Waals surface area contributed by atoms with E-state index in [9.17, 15) is 18.5 Å². The van der Waals surface area contributed by atoms with Crippen LogP contribution in [0.15, 0.2) is 231 Å². The number of ether oxygens (including phenoxy) is 1. The topological polar surface area (TPSA) is 101 Å². The third kappa shape index (κ3) is 13.8. The van der Waals surface area contributed by atoms with Crippen LogP contribution >= 0.6 is 0 Å². The number of nitro groups is 1. The van der Waals surface area contributed by atoms with Crippen LogP contribution in [0.25, 0.3) is 4.72 Å². The standard InChI is InChI=1S/2C18H15As.C13H11N2O5S.Ag/c2*1-4-10-16(11-5-1)19(17-12-6-2-7-13-17)18-14-8-3-9-15-18;1-21(18,19)14-12-8-7-10(15(16)17)9-13(12)20-11-5-3-2-4-6-11;/h2*1-15H;2-9H,1H3;/q;;-1;+1. The fourth-order valence-electron chi connectivity index (χ4n) is 5.92. The Labute approximate surface area is 377 Å². The summed E-state index contributed by atoms with van der Waals surface area (Å²) < 4.78 is 40.4. The van der Waals surface area contributed by atoms with E-state index >= 15 is 0 Å². The molecule has 0 atom stereocenters. The van der Waals surface area contributed by atoms with Gasteiger partial charge in [-0.15, -0.1) is 0 Å². The zero-order valence-electron chi connectivity index (χ0n) is 32.5. The van der Waals surface area contributed by atoms with Gasteiger partial charge in [-0.3, -0.25) is 10.1 Å². The molecule has 8 rings (SSSR count). The molecule has 0 N–H and O–H groups in total. The first-order chi connectivity index (χ1) is 28.7. The number of benzene rings is 8. The second-order valence-corrected chi connectivity index (χ2v) is 23.8. The molecule has 0 saturated carbocycles. The Bertz CT molecular complexity index is 2300. The van der Waals surface area contributed by atoms with Crippen LogP contribution in [0.1, 0.15) is 0 Å². The molecule has 7 nitrogen and oxygen atoms in total. The van der Waals surface area contributed by atoms with Gasteiger partial charge < -0.3 is 9.46 Å². The summed E-state index contributed by atoms with van der Waals surface area (Å²) in [5, 5.41) is 10.8. The Hall–Kier alpha value is -5.43. The van der Waals surface area contributed by atoms with Crippen molar-refractivity contribution < 1.29 is 40.5 Å². The third-order valence-electron chi connectivity index (χ3n) is 8.48. The fourth-order valence-corrected chi connectivity index (χ4v) is 16.1. The van der Waals surface area contributed by atoms with Crippen LogP contribution in [0, 0.1) is 10.1 Å². The first kappa shape index (κ1) is 45.6. The maximum absolute atomic E-state index is 11.3. The molecule has 0 saturated heterocycles. The number of hydrogen-bond acceptors (Lipinski definition) is 5. The maximum atomic E-state index is 11.3. The summed E-state index contributed by atoms with van der Waals surface area (Å²) in [5.41, 5.74) is -0.208. The van der Waals surface area contributed by atoms with E-state index in [1.807, 2.05) is 0 Å². The predicted octanol–water partition coefficient (Wildman–Crippen LogP) is 7.76. The molecule has 0 unspecified atom stereocenters. The minimum absolute atomic E-state index is 0. The molecule has 8 aromatic carbocycles. The average molecular weight is 1030 g/mol. The number of rotatable bonds is 11. The van der Waals surface area contributed by atoms with E-state index in [-0.39, 0.29) is 39.5 Å². The predicted molar refractivity (Wildman–Crippen MR) is 245 cm³/mol. The summed E-state index contributed by atoms with van der Waals surface area (Å²) in [7, 11) is -3.65. The SMILES string of the molecule is CS(=O)(=O)[N-]c1ccc([N+](=O)[O-])cc1Oc1ccccc1.[Ag+].c1ccc([As](c2ccccc2)c2ccccc2)cc1.c1ccc([As](c2ccccc2)c2ccccc2)cc1. The number of non-ortho nitro benzene ring substituents is 1. The van der Waals surface area contributed by atoms with Gasteiger partial charge in [-0.2, -0.15) is 0 Å². The van der Waals surface area contributed by atoms with Gasteiger partial charge in [-0.1, -0.05) is 30.0 Å². The van der Waals surface area contributed by atoms with Crippen LogP contribution in [0.2, 0.25) is 0 Å². The molecule has 0 aliphatic carbocycles. The van der Waals surface area contributed by atoms with Crippen molar-refractivity contribution in [2.24, 2.45) is 0 Å². The van der Waals surface area contributed by atoms with E-state index in [1.165, 1.54) is 38.2 Å². The van der Waals surface area contributed by atoms with Crippen molar-refractivity contribution in [3.8, 4) is 11.5 Å². The van der Waals surface area contributed by atoms with Crippen molar-refractivity contribution in [2.45, 2.75) is 0 Å². The first-order valence-electron chi connectivity index (χ1n) is 18.6. The number of nitrogens with zero attached hydrogens (tertiary/aromatic N) is 2. The molecule has 0 spiro atoms. The molecule has 8 aromatic rings. The van der Waals surface area contributed by atoms with E-state index in [0.29, 0.717) is 5.75 Å². The molecule has 11 heteroatoms. The quantitative estimate of drug-likeness (QED) is 0.0750. The van der Waals surface area contributed by atoms with Crippen LogP contribution in [0.3, 0.4) is 0 Å². The van der Waals surface area contributed by atoms with Gasteiger partial charge in [0.15, 0.2) is 0 Å². The monoisotopic (exact) mass is 1030 g/mol. The Morgan fingerprint density at radius 1 is 0.467 bits per heavy atom. The summed E-state index contributed by atoms with van der Waals surface area (Å²) >= 11 is -2.78. The summed E-state index contributed by atoms with van der Waals surface area (Å²) in [6, 6.07) is 77.5. The molecule has 0 aliphatic heterocycles. The molecule has 0 bridgehead atoms. The van der Waals surface area contributed by atoms with E-state index < -0.39 is 44.2 Å². The van der Waals surface area contributed by atoms with Gasteiger partial charge in [-0.25, -0.2) is 8.42 Å². The van der Waals surface area contributed by atoms with Crippen LogP contribution in [0.5, 0.6) is 11.5 Å². The first-order valence-corrected chi connectivity index (χ1v) is 26.1. The molecule has 0 amide bonds. The van der Waals surface area contributed by atoms with Gasteiger partial charge in [0, 0.05) is 12.3 Å². The molecule has 0 radical (unpaired) electrons. The third-order valence-corrected chi connectivity index (χ3v) is 19.3. The molecular weight excluding hydrogens is 986 g/mol. The molecular formula is C49H41AgAs2N2O5S. The number of nitro benzene ring substituents is 1. The van der Waals surface area contributed by atoms with Gasteiger partial charge >= 0.3 is 260 Å². The van der Waals surface area contributed by atoms with Crippen LogP contribution < -0.4 is 30.8 Å². The zero-order valence-corrected chi connectivity index (χ0v) is 38.5. The van der Waals surface area contributed by atoms with Gasteiger partial charge in [0.25, 0.3) is 5.69 Å². The summed E-state index contributed by atoms with van der Waals surface area (Å²) in [6.07, 6.45) is 0.931. The fraction of sp³-hybridized carbons (Fsp3) is 0.0204. The van der Waals surface area contributed by atoms with E-state index in [2.05, 4.69) is 187 Å².